The average Bonchev–Trinajstić information content (AvgIpc) is 2.16. The molecule has 2 nitrogen and oxygen atoms in total. The lowest BCUT2D eigenvalue weighted by Gasteiger charge is -2.41. The van der Waals surface area contributed by atoms with E-state index in [2.05, 4.69) is 13.8 Å². The van der Waals surface area contributed by atoms with Gasteiger partial charge in [0.05, 0.1) is 6.42 Å². The molecule has 0 aliphatic carbocycles. The topological polar surface area (TPSA) is 26.3 Å². The van der Waals surface area contributed by atoms with Crippen LogP contribution in [0.15, 0.2) is 0 Å². The van der Waals surface area contributed by atoms with Gasteiger partial charge >= 0.3 is 5.97 Å². The van der Waals surface area contributed by atoms with Gasteiger partial charge in [-0.1, -0.05) is 39.5 Å². The highest BCUT2D eigenvalue weighted by Gasteiger charge is 2.44. The van der Waals surface area contributed by atoms with Crippen LogP contribution in [-0.2, 0) is 9.53 Å². The molecule has 15 heavy (non-hydrogen) atoms. The molecule has 1 fully saturated rings. The smallest absolute Gasteiger partial charge is 0.310 e. The van der Waals surface area contributed by atoms with Crippen molar-refractivity contribution < 1.29 is 9.53 Å². The van der Waals surface area contributed by atoms with E-state index in [9.17, 15) is 4.79 Å². The maximum Gasteiger partial charge on any atom is 0.310 e. The van der Waals surface area contributed by atoms with Gasteiger partial charge in [0.1, 0.15) is 5.60 Å². The number of esters is 1. The molecule has 0 amide bonds. The normalized spacial score (nSPS) is 18.4. The van der Waals surface area contributed by atoms with Gasteiger partial charge in [-0.3, -0.25) is 4.79 Å². The Morgan fingerprint density at radius 2 is 1.53 bits per heavy atom. The van der Waals surface area contributed by atoms with E-state index < -0.39 is 0 Å². The summed E-state index contributed by atoms with van der Waals surface area (Å²) in [4.78, 5) is 11.0. The maximum atomic E-state index is 11.0. The Labute approximate surface area is 93.4 Å². The van der Waals surface area contributed by atoms with Crippen molar-refractivity contribution in [3.05, 3.63) is 0 Å². The second-order valence-corrected chi connectivity index (χ2v) is 4.75. The maximum absolute atomic E-state index is 11.0. The molecule has 0 atom stereocenters. The van der Waals surface area contributed by atoms with Crippen LogP contribution >= 0.6 is 0 Å². The first-order valence-electron chi connectivity index (χ1n) is 6.44. The fraction of sp³-hybridized carbons (Fsp3) is 0.923. The molecule has 1 rings (SSSR count). The largest absolute Gasteiger partial charge is 0.458 e. The van der Waals surface area contributed by atoms with Gasteiger partial charge in [-0.05, 0) is 25.7 Å². The van der Waals surface area contributed by atoms with E-state index >= 15 is 0 Å². The van der Waals surface area contributed by atoms with Crippen molar-refractivity contribution in [2.45, 2.75) is 77.2 Å². The monoisotopic (exact) mass is 212 g/mol. The van der Waals surface area contributed by atoms with E-state index in [0.717, 1.165) is 12.8 Å². The quantitative estimate of drug-likeness (QED) is 0.451. The number of hydrogen-bond donors (Lipinski definition) is 0. The van der Waals surface area contributed by atoms with Crippen molar-refractivity contribution in [3.63, 3.8) is 0 Å². The summed E-state index contributed by atoms with van der Waals surface area (Å²) in [6, 6.07) is 0. The number of carbonyl (C=O) groups excluding carboxylic acids is 1. The van der Waals surface area contributed by atoms with Crippen LogP contribution in [0.3, 0.4) is 0 Å². The molecule has 0 unspecified atom stereocenters. The minimum atomic E-state index is -0.0541. The molecule has 0 aromatic rings. The SMILES string of the molecule is CCCCCC1(CCCCC)CC(=O)O1. The van der Waals surface area contributed by atoms with Crippen LogP contribution in [0, 0.1) is 0 Å². The highest BCUT2D eigenvalue weighted by Crippen LogP contribution is 2.37. The third-order valence-corrected chi connectivity index (χ3v) is 3.27. The summed E-state index contributed by atoms with van der Waals surface area (Å²) in [6.07, 6.45) is 10.2. The van der Waals surface area contributed by atoms with E-state index in [1.165, 1.54) is 38.5 Å². The Balaban J connectivity index is 2.24. The van der Waals surface area contributed by atoms with Crippen LogP contribution in [0.4, 0.5) is 0 Å². The summed E-state index contributed by atoms with van der Waals surface area (Å²) in [6.45, 7) is 4.41. The van der Waals surface area contributed by atoms with Crippen LogP contribution < -0.4 is 0 Å². The van der Waals surface area contributed by atoms with Crippen LogP contribution in [0.1, 0.15) is 71.6 Å². The number of cyclic esters (lactones) is 1. The first kappa shape index (κ1) is 12.5. The van der Waals surface area contributed by atoms with Gasteiger partial charge in [0.15, 0.2) is 0 Å². The number of hydrogen-bond acceptors (Lipinski definition) is 2. The van der Waals surface area contributed by atoms with E-state index in [0.29, 0.717) is 6.42 Å². The lowest BCUT2D eigenvalue weighted by molar-refractivity contribution is -0.194. The zero-order valence-electron chi connectivity index (χ0n) is 10.2. The van der Waals surface area contributed by atoms with Crippen molar-refractivity contribution in [1.29, 1.82) is 0 Å². The molecule has 88 valence electrons. The number of ether oxygens (including phenoxy) is 1. The second-order valence-electron chi connectivity index (χ2n) is 4.75. The van der Waals surface area contributed by atoms with Crippen LogP contribution in [0.2, 0.25) is 0 Å². The van der Waals surface area contributed by atoms with Gasteiger partial charge in [-0.25, -0.2) is 0 Å². The van der Waals surface area contributed by atoms with Crippen molar-refractivity contribution in [2.24, 2.45) is 0 Å². The van der Waals surface area contributed by atoms with Crippen LogP contribution in [0.5, 0.6) is 0 Å². The van der Waals surface area contributed by atoms with Crippen molar-refractivity contribution in [3.8, 4) is 0 Å². The van der Waals surface area contributed by atoms with Crippen LogP contribution in [-0.4, -0.2) is 11.6 Å². The first-order chi connectivity index (χ1) is 7.22. The molecule has 0 N–H and O–H groups in total. The Morgan fingerprint density at radius 3 is 1.87 bits per heavy atom. The molecule has 0 aromatic heterocycles. The minimum Gasteiger partial charge on any atom is -0.458 e. The highest BCUT2D eigenvalue weighted by molar-refractivity contribution is 5.76. The fourth-order valence-corrected chi connectivity index (χ4v) is 2.29. The minimum absolute atomic E-state index is 0.00277. The number of unbranched alkanes of at least 4 members (excludes halogenated alkanes) is 4. The Bertz CT molecular complexity index is 179. The fourth-order valence-electron chi connectivity index (χ4n) is 2.29. The van der Waals surface area contributed by atoms with E-state index in [1.807, 2.05) is 0 Å². The molecular formula is C13H24O2. The van der Waals surface area contributed by atoms with Gasteiger partial charge in [0.2, 0.25) is 0 Å². The number of rotatable bonds is 8. The Hall–Kier alpha value is -0.530. The summed E-state index contributed by atoms with van der Waals surface area (Å²) in [5.41, 5.74) is -0.0541. The average molecular weight is 212 g/mol. The van der Waals surface area contributed by atoms with Gasteiger partial charge in [-0.2, -0.15) is 0 Å². The Kier molecular flexibility index (Phi) is 5.13. The summed E-state index contributed by atoms with van der Waals surface area (Å²) in [5.74, 6) is 0.00277. The molecule has 1 heterocycles. The molecule has 0 bridgehead atoms. The molecule has 0 aromatic carbocycles. The van der Waals surface area contributed by atoms with E-state index in [4.69, 9.17) is 4.74 Å². The third-order valence-electron chi connectivity index (χ3n) is 3.27. The first-order valence-corrected chi connectivity index (χ1v) is 6.44. The van der Waals surface area contributed by atoms with Crippen LogP contribution in [0.25, 0.3) is 0 Å². The van der Waals surface area contributed by atoms with Gasteiger partial charge in [-0.15, -0.1) is 0 Å². The van der Waals surface area contributed by atoms with Gasteiger partial charge in [0, 0.05) is 0 Å². The molecule has 2 heteroatoms. The lowest BCUT2D eigenvalue weighted by atomic mass is 9.83. The summed E-state index contributed by atoms with van der Waals surface area (Å²) in [5, 5.41) is 0. The van der Waals surface area contributed by atoms with Crippen molar-refractivity contribution in [2.75, 3.05) is 0 Å². The molecule has 1 saturated heterocycles. The lowest BCUT2D eigenvalue weighted by Crippen LogP contribution is -2.47. The molecule has 0 saturated carbocycles. The number of carbonyl (C=O) groups is 1. The molecule has 1 aliphatic heterocycles. The zero-order chi connectivity index (χ0) is 11.1. The molecule has 0 radical (unpaired) electrons. The molecule has 1 aliphatic rings. The standard InChI is InChI=1S/C13H24O2/c1-3-5-7-9-13(10-8-6-4-2)11-12(14)15-13/h3-11H2,1-2H3. The molecule has 0 spiro atoms. The van der Waals surface area contributed by atoms with Gasteiger partial charge < -0.3 is 4.74 Å². The summed E-state index contributed by atoms with van der Waals surface area (Å²) >= 11 is 0. The Morgan fingerprint density at radius 1 is 1.07 bits per heavy atom. The van der Waals surface area contributed by atoms with E-state index in [1.54, 1.807) is 0 Å². The second kappa shape index (κ2) is 6.14. The van der Waals surface area contributed by atoms with Crippen molar-refractivity contribution in [1.82, 2.24) is 0 Å². The van der Waals surface area contributed by atoms with E-state index in [-0.39, 0.29) is 11.6 Å². The van der Waals surface area contributed by atoms with Gasteiger partial charge in [0.25, 0.3) is 0 Å². The summed E-state index contributed by atoms with van der Waals surface area (Å²) < 4.78 is 5.38. The third kappa shape index (κ3) is 3.84. The molecular weight excluding hydrogens is 188 g/mol. The zero-order valence-corrected chi connectivity index (χ0v) is 10.2. The predicted octanol–water partition coefficient (Wildman–Crippen LogP) is 3.83. The van der Waals surface area contributed by atoms with Crippen molar-refractivity contribution >= 4 is 5.97 Å². The predicted molar refractivity (Wildman–Crippen MR) is 61.7 cm³/mol. The highest BCUT2D eigenvalue weighted by atomic mass is 16.6. The summed E-state index contributed by atoms with van der Waals surface area (Å²) in [7, 11) is 0.